The first kappa shape index (κ1) is 19.1. The number of hydrogen-bond donors (Lipinski definition) is 1. The average molecular weight is 414 g/mol. The molecule has 0 aliphatic carbocycles. The number of hydrogen-bond acceptors (Lipinski definition) is 3. The van der Waals surface area contributed by atoms with E-state index in [4.69, 9.17) is 16.3 Å². The standard InChI is InChI=1S/C19H19ClF3N3O2/c20-7-11-2-1-3-16-14(11)6-13(10-28-16)24-18(27)15-9-26-8-12(19(21,22)23)4-5-17(26)25-15/h1-3,9,12-13H,4-8,10H2,(H,24,27). The zero-order valence-corrected chi connectivity index (χ0v) is 15.7. The molecule has 5 nitrogen and oxygen atoms in total. The fourth-order valence-corrected chi connectivity index (χ4v) is 4.02. The number of aromatic nitrogens is 2. The van der Waals surface area contributed by atoms with Gasteiger partial charge in [-0.05, 0) is 24.5 Å². The van der Waals surface area contributed by atoms with Crippen molar-refractivity contribution < 1.29 is 22.7 Å². The van der Waals surface area contributed by atoms with Crippen LogP contribution in [0.15, 0.2) is 24.4 Å². The Morgan fingerprint density at radius 2 is 2.21 bits per heavy atom. The van der Waals surface area contributed by atoms with E-state index in [0.29, 0.717) is 24.7 Å². The second kappa shape index (κ2) is 7.31. The van der Waals surface area contributed by atoms with Gasteiger partial charge in [0.05, 0.1) is 12.0 Å². The number of fused-ring (bicyclic) bond motifs is 2. The SMILES string of the molecule is O=C(NC1COc2cccc(CCl)c2C1)c1cn2c(n1)CCC(C(F)(F)F)C2. The summed E-state index contributed by atoms with van der Waals surface area (Å²) in [6, 6.07) is 5.40. The van der Waals surface area contributed by atoms with Gasteiger partial charge < -0.3 is 14.6 Å². The van der Waals surface area contributed by atoms with Gasteiger partial charge in [-0.25, -0.2) is 4.98 Å². The van der Waals surface area contributed by atoms with Crippen LogP contribution in [0.4, 0.5) is 13.2 Å². The molecule has 1 aromatic carbocycles. The highest BCUT2D eigenvalue weighted by molar-refractivity contribution is 6.17. The maximum Gasteiger partial charge on any atom is 0.393 e. The molecule has 1 amide bonds. The fourth-order valence-electron chi connectivity index (χ4n) is 3.77. The number of alkyl halides is 4. The predicted molar refractivity (Wildman–Crippen MR) is 96.5 cm³/mol. The van der Waals surface area contributed by atoms with E-state index in [2.05, 4.69) is 10.3 Å². The van der Waals surface area contributed by atoms with Crippen LogP contribution < -0.4 is 10.1 Å². The van der Waals surface area contributed by atoms with E-state index < -0.39 is 18.0 Å². The molecule has 3 heterocycles. The lowest BCUT2D eigenvalue weighted by atomic mass is 9.98. The van der Waals surface area contributed by atoms with Crippen LogP contribution in [0, 0.1) is 5.92 Å². The molecule has 1 aromatic heterocycles. The molecule has 0 fully saturated rings. The summed E-state index contributed by atoms with van der Waals surface area (Å²) in [6.45, 7) is 0.117. The number of aryl methyl sites for hydroxylation is 1. The summed E-state index contributed by atoms with van der Waals surface area (Å²) in [7, 11) is 0. The van der Waals surface area contributed by atoms with E-state index in [1.54, 1.807) is 0 Å². The van der Waals surface area contributed by atoms with Gasteiger partial charge in [-0.2, -0.15) is 13.2 Å². The number of imidazole rings is 1. The second-order valence-corrected chi connectivity index (χ2v) is 7.45. The van der Waals surface area contributed by atoms with Crippen LogP contribution in [0.1, 0.15) is 33.9 Å². The van der Waals surface area contributed by atoms with Crippen molar-refractivity contribution in [1.82, 2.24) is 14.9 Å². The summed E-state index contributed by atoms with van der Waals surface area (Å²) in [4.78, 5) is 16.8. The Morgan fingerprint density at radius 3 is 2.96 bits per heavy atom. The molecule has 2 atom stereocenters. The largest absolute Gasteiger partial charge is 0.491 e. The summed E-state index contributed by atoms with van der Waals surface area (Å²) in [5.41, 5.74) is 2.05. The van der Waals surface area contributed by atoms with E-state index in [1.807, 2.05) is 18.2 Å². The quantitative estimate of drug-likeness (QED) is 0.784. The molecule has 0 bridgehead atoms. The third-order valence-electron chi connectivity index (χ3n) is 5.29. The highest BCUT2D eigenvalue weighted by Gasteiger charge is 2.41. The molecule has 2 aromatic rings. The van der Waals surface area contributed by atoms with E-state index in [-0.39, 0.29) is 31.1 Å². The first-order valence-electron chi connectivity index (χ1n) is 9.08. The third-order valence-corrected chi connectivity index (χ3v) is 5.58. The lowest BCUT2D eigenvalue weighted by Crippen LogP contribution is -2.43. The van der Waals surface area contributed by atoms with Gasteiger partial charge in [0, 0.05) is 30.6 Å². The van der Waals surface area contributed by atoms with Crippen LogP contribution in [0.3, 0.4) is 0 Å². The highest BCUT2D eigenvalue weighted by atomic mass is 35.5. The Bertz CT molecular complexity index is 883. The van der Waals surface area contributed by atoms with Crippen molar-refractivity contribution in [2.24, 2.45) is 5.92 Å². The summed E-state index contributed by atoms with van der Waals surface area (Å²) in [6.07, 6.45) is -2.05. The van der Waals surface area contributed by atoms with E-state index >= 15 is 0 Å². The number of rotatable bonds is 3. The maximum atomic E-state index is 13.0. The van der Waals surface area contributed by atoms with Crippen molar-refractivity contribution in [1.29, 1.82) is 0 Å². The summed E-state index contributed by atoms with van der Waals surface area (Å²) in [5, 5.41) is 2.87. The van der Waals surface area contributed by atoms with Gasteiger partial charge in [-0.1, -0.05) is 12.1 Å². The minimum Gasteiger partial charge on any atom is -0.491 e. The van der Waals surface area contributed by atoms with Crippen molar-refractivity contribution in [3.05, 3.63) is 47.0 Å². The lowest BCUT2D eigenvalue weighted by Gasteiger charge is -2.27. The Labute approximate surface area is 164 Å². The molecule has 9 heteroatoms. The molecule has 28 heavy (non-hydrogen) atoms. The molecule has 0 saturated carbocycles. The summed E-state index contributed by atoms with van der Waals surface area (Å²) >= 11 is 5.98. The monoisotopic (exact) mass is 413 g/mol. The summed E-state index contributed by atoms with van der Waals surface area (Å²) in [5.74, 6) is -0.186. The van der Waals surface area contributed by atoms with Gasteiger partial charge in [0.25, 0.3) is 5.91 Å². The van der Waals surface area contributed by atoms with Gasteiger partial charge >= 0.3 is 6.18 Å². The fraction of sp³-hybridized carbons (Fsp3) is 0.474. The van der Waals surface area contributed by atoms with Gasteiger partial charge in [-0.3, -0.25) is 4.79 Å². The number of nitrogens with zero attached hydrogens (tertiary/aromatic N) is 2. The smallest absolute Gasteiger partial charge is 0.393 e. The molecular weight excluding hydrogens is 395 g/mol. The number of benzene rings is 1. The Balaban J connectivity index is 1.45. The van der Waals surface area contributed by atoms with Gasteiger partial charge in [0.2, 0.25) is 0 Å². The number of ether oxygens (including phenoxy) is 1. The normalized spacial score (nSPS) is 21.4. The number of nitrogens with one attached hydrogen (secondary N) is 1. The molecule has 0 spiro atoms. The Morgan fingerprint density at radius 1 is 1.39 bits per heavy atom. The first-order chi connectivity index (χ1) is 13.3. The van der Waals surface area contributed by atoms with E-state index in [1.165, 1.54) is 10.8 Å². The Hall–Kier alpha value is -2.22. The van der Waals surface area contributed by atoms with E-state index in [0.717, 1.165) is 16.9 Å². The van der Waals surface area contributed by atoms with Crippen LogP contribution in [-0.4, -0.2) is 34.3 Å². The molecule has 150 valence electrons. The first-order valence-corrected chi connectivity index (χ1v) is 9.61. The van der Waals surface area contributed by atoms with Crippen LogP contribution >= 0.6 is 11.6 Å². The van der Waals surface area contributed by atoms with E-state index in [9.17, 15) is 18.0 Å². The third kappa shape index (κ3) is 3.70. The predicted octanol–water partition coefficient (Wildman–Crippen LogP) is 3.48. The van der Waals surface area contributed by atoms with Crippen LogP contribution in [0.5, 0.6) is 5.75 Å². The highest BCUT2D eigenvalue weighted by Crippen LogP contribution is 2.34. The Kier molecular flexibility index (Phi) is 4.99. The minimum absolute atomic E-state index is 0.00394. The van der Waals surface area contributed by atoms with Crippen LogP contribution in [0.2, 0.25) is 0 Å². The minimum atomic E-state index is -4.24. The average Bonchev–Trinajstić information content (AvgIpc) is 3.10. The molecule has 2 unspecified atom stereocenters. The molecule has 0 saturated heterocycles. The maximum absolute atomic E-state index is 13.0. The number of halogens is 4. The van der Waals surface area contributed by atoms with Crippen LogP contribution in [-0.2, 0) is 25.3 Å². The molecule has 1 N–H and O–H groups in total. The van der Waals surface area contributed by atoms with Crippen molar-refractivity contribution in [3.63, 3.8) is 0 Å². The zero-order valence-electron chi connectivity index (χ0n) is 14.9. The second-order valence-electron chi connectivity index (χ2n) is 7.18. The topological polar surface area (TPSA) is 56.1 Å². The molecule has 4 rings (SSSR count). The zero-order chi connectivity index (χ0) is 19.9. The van der Waals surface area contributed by atoms with Crippen molar-refractivity contribution >= 4 is 17.5 Å². The van der Waals surface area contributed by atoms with Gasteiger partial charge in [0.15, 0.2) is 0 Å². The molecule has 0 radical (unpaired) electrons. The number of carbonyl (C=O) groups is 1. The van der Waals surface area contributed by atoms with Crippen LogP contribution in [0.25, 0.3) is 0 Å². The number of carbonyl (C=O) groups excluding carboxylic acids is 1. The summed E-state index contributed by atoms with van der Waals surface area (Å²) < 4.78 is 46.0. The molecular formula is C19H19ClF3N3O2. The van der Waals surface area contributed by atoms with Crippen molar-refractivity contribution in [3.8, 4) is 5.75 Å². The van der Waals surface area contributed by atoms with Gasteiger partial charge in [-0.15, -0.1) is 11.6 Å². The van der Waals surface area contributed by atoms with Gasteiger partial charge in [0.1, 0.15) is 23.9 Å². The van der Waals surface area contributed by atoms with Crippen molar-refractivity contribution in [2.75, 3.05) is 6.61 Å². The molecule has 2 aliphatic rings. The van der Waals surface area contributed by atoms with Crippen molar-refractivity contribution in [2.45, 2.75) is 43.9 Å². The number of amides is 1. The lowest BCUT2D eigenvalue weighted by molar-refractivity contribution is -0.182. The molecule has 2 aliphatic heterocycles.